The number of allylic oxidation sites excluding steroid dienone is 1. The van der Waals surface area contributed by atoms with Crippen molar-refractivity contribution < 1.29 is 72.1 Å². The van der Waals surface area contributed by atoms with Crippen molar-refractivity contribution in [3.8, 4) is 0 Å². The summed E-state index contributed by atoms with van der Waals surface area (Å²) in [6, 6.07) is 3.12. The molecule has 1 aliphatic heterocycles. The van der Waals surface area contributed by atoms with E-state index in [-0.39, 0.29) is 74.7 Å². The Balaban J connectivity index is 0.00000169. The van der Waals surface area contributed by atoms with Crippen molar-refractivity contribution in [1.29, 1.82) is 0 Å². The van der Waals surface area contributed by atoms with Gasteiger partial charge in [0, 0.05) is 15.8 Å². The number of fused-ring (bicyclic) bond motifs is 4. The fourth-order valence-electron chi connectivity index (χ4n) is 2.89. The molecule has 116 valence electrons. The summed E-state index contributed by atoms with van der Waals surface area (Å²) in [6.45, 7) is 0. The number of imide groups is 1. The molecular formula is C15H8NO4RbS3. The average molecular weight is 448 g/mol. The van der Waals surface area contributed by atoms with Crippen molar-refractivity contribution in [3.63, 3.8) is 0 Å². The van der Waals surface area contributed by atoms with E-state index in [1.54, 1.807) is 6.07 Å². The molecule has 0 saturated heterocycles. The van der Waals surface area contributed by atoms with Crippen LogP contribution in [0.15, 0.2) is 23.0 Å². The molecular weight excluding hydrogens is 440 g/mol. The maximum Gasteiger partial charge on any atom is 1.00 e. The van der Waals surface area contributed by atoms with Crippen LogP contribution in [0.2, 0.25) is 0 Å². The Kier molecular flexibility index (Phi) is 5.88. The number of hydrogen-bond donors (Lipinski definition) is 0. The quantitative estimate of drug-likeness (QED) is 0.276. The molecule has 0 atom stereocenters. The van der Waals surface area contributed by atoms with Crippen LogP contribution in [0, 0.1) is 0 Å². The molecule has 2 aliphatic rings. The van der Waals surface area contributed by atoms with Gasteiger partial charge in [0.2, 0.25) is 0 Å². The van der Waals surface area contributed by atoms with E-state index >= 15 is 0 Å². The fourth-order valence-corrected chi connectivity index (χ4v) is 4.55. The number of nitrogens with zero attached hydrogens (tertiary/aromatic N) is 1. The Morgan fingerprint density at radius 2 is 2.00 bits per heavy atom. The molecule has 5 nitrogen and oxygen atoms in total. The Morgan fingerprint density at radius 3 is 2.75 bits per heavy atom. The van der Waals surface area contributed by atoms with Gasteiger partial charge >= 0.3 is 58.2 Å². The summed E-state index contributed by atoms with van der Waals surface area (Å²) in [5.41, 5.74) is 1.16. The minimum Gasteiger partial charge on any atom is -0.686 e. The van der Waals surface area contributed by atoms with Gasteiger partial charge in [0.05, 0.1) is 15.8 Å². The molecule has 0 saturated carbocycles. The fraction of sp³-hybridized carbons (Fsp3) is 0.133. The summed E-state index contributed by atoms with van der Waals surface area (Å²) in [5.74, 6) is -1.14. The van der Waals surface area contributed by atoms with Crippen LogP contribution in [-0.4, -0.2) is 16.9 Å². The normalized spacial score (nSPS) is 15.5. The van der Waals surface area contributed by atoms with E-state index in [0.717, 1.165) is 16.9 Å². The average Bonchev–Trinajstić information content (AvgIpc) is 2.81. The smallest absolute Gasteiger partial charge is 0.686 e. The maximum atomic E-state index is 12.7. The minimum absolute atomic E-state index is 0. The van der Waals surface area contributed by atoms with E-state index in [0.29, 0.717) is 32.6 Å². The molecule has 0 spiro atoms. The van der Waals surface area contributed by atoms with Gasteiger partial charge in [-0.15, -0.1) is 27.5 Å². The number of hydroxylamine groups is 2. The van der Waals surface area contributed by atoms with Gasteiger partial charge in [-0.3, -0.25) is 14.4 Å². The second-order valence-electron chi connectivity index (χ2n) is 5.13. The molecule has 9 heteroatoms. The predicted molar refractivity (Wildman–Crippen MR) is 92.0 cm³/mol. The molecule has 0 fully saturated rings. The molecule has 2 amide bonds. The SMILES string of the molecule is O=C1c2ccc3c(=O)c4c(sc3c2C(=O)N1OS[S-])C=CCC4.[Rb+]. The van der Waals surface area contributed by atoms with Gasteiger partial charge in [0.15, 0.2) is 5.43 Å². The molecule has 24 heavy (non-hydrogen) atoms. The number of benzene rings is 1. The molecule has 1 aromatic carbocycles. The molecule has 4 rings (SSSR count). The maximum absolute atomic E-state index is 12.7. The van der Waals surface area contributed by atoms with E-state index in [1.807, 2.05) is 12.2 Å². The van der Waals surface area contributed by atoms with Gasteiger partial charge < -0.3 is 11.7 Å². The third-order valence-corrected chi connectivity index (χ3v) is 5.56. The number of amides is 2. The molecule has 0 radical (unpaired) electrons. The monoisotopic (exact) mass is 447 g/mol. The molecule has 1 aliphatic carbocycles. The van der Waals surface area contributed by atoms with E-state index in [9.17, 15) is 14.4 Å². The van der Waals surface area contributed by atoms with Crippen LogP contribution < -0.4 is 63.6 Å². The molecule has 1 aromatic heterocycles. The molecule has 0 unspecified atom stereocenters. The summed E-state index contributed by atoms with van der Waals surface area (Å²) in [5, 5.41) is 1.12. The summed E-state index contributed by atoms with van der Waals surface area (Å²) in [6.07, 6.45) is 5.44. The van der Waals surface area contributed by atoms with Crippen molar-refractivity contribution in [2.45, 2.75) is 12.8 Å². The van der Waals surface area contributed by atoms with Crippen LogP contribution in [0.4, 0.5) is 0 Å². The van der Waals surface area contributed by atoms with E-state index in [2.05, 4.69) is 11.7 Å². The molecule has 0 N–H and O–H groups in total. The van der Waals surface area contributed by atoms with Gasteiger partial charge in [-0.25, -0.2) is 4.28 Å². The first-order valence-electron chi connectivity index (χ1n) is 6.78. The predicted octanol–water partition coefficient (Wildman–Crippen LogP) is -0.137. The van der Waals surface area contributed by atoms with Crippen LogP contribution in [0.5, 0.6) is 0 Å². The van der Waals surface area contributed by atoms with Crippen molar-refractivity contribution in [3.05, 3.63) is 50.0 Å². The van der Waals surface area contributed by atoms with Crippen LogP contribution >= 0.6 is 22.4 Å². The zero-order chi connectivity index (χ0) is 16.1. The van der Waals surface area contributed by atoms with Gasteiger partial charge in [-0.2, -0.15) is 0 Å². The number of hydrogen-bond acceptors (Lipinski definition) is 7. The summed E-state index contributed by atoms with van der Waals surface area (Å²) in [4.78, 5) is 38.3. The van der Waals surface area contributed by atoms with Crippen molar-refractivity contribution in [1.82, 2.24) is 5.06 Å². The second-order valence-corrected chi connectivity index (χ2v) is 6.87. The van der Waals surface area contributed by atoms with Crippen LogP contribution in [0.25, 0.3) is 16.2 Å². The summed E-state index contributed by atoms with van der Waals surface area (Å²) >= 11 is 6.46. The van der Waals surface area contributed by atoms with Gasteiger partial charge in [-0.05, 0) is 31.1 Å². The van der Waals surface area contributed by atoms with Crippen molar-refractivity contribution in [2.75, 3.05) is 0 Å². The van der Waals surface area contributed by atoms with Gasteiger partial charge in [0.1, 0.15) is 0 Å². The second kappa shape index (κ2) is 7.44. The first kappa shape index (κ1) is 19.0. The van der Waals surface area contributed by atoms with Crippen molar-refractivity contribution >= 4 is 62.0 Å². The Bertz CT molecular complexity index is 969. The van der Waals surface area contributed by atoms with Crippen LogP contribution in [0.1, 0.15) is 37.6 Å². The number of carbonyl (C=O) groups is 2. The first-order valence-corrected chi connectivity index (χ1v) is 9.26. The summed E-state index contributed by atoms with van der Waals surface area (Å²) in [7, 11) is 0. The van der Waals surface area contributed by atoms with Crippen LogP contribution in [0.3, 0.4) is 0 Å². The van der Waals surface area contributed by atoms with Crippen molar-refractivity contribution in [2.24, 2.45) is 0 Å². The van der Waals surface area contributed by atoms with Gasteiger partial charge in [0.25, 0.3) is 11.8 Å². The topological polar surface area (TPSA) is 63.7 Å². The van der Waals surface area contributed by atoms with Crippen LogP contribution in [-0.2, 0) is 22.4 Å². The standard InChI is InChI=1S/C15H9NO4S3.Rb/c17-12-7-3-1-2-4-10(7)22-13-9(12)6-5-8-11(13)15(19)16(14(8)18)20-23-21;/h2,4-6,21H,1,3H2;/q;+1/p-1. The largest absolute Gasteiger partial charge is 1.00 e. The summed E-state index contributed by atoms with van der Waals surface area (Å²) < 4.78 is 5.40. The van der Waals surface area contributed by atoms with Gasteiger partial charge in [-0.1, -0.05) is 6.08 Å². The number of rotatable bonds is 2. The molecule has 2 heterocycles. The Hall–Kier alpha value is 0.195. The van der Waals surface area contributed by atoms with E-state index in [1.165, 1.54) is 17.4 Å². The third-order valence-electron chi connectivity index (χ3n) is 3.93. The Labute approximate surface area is 199 Å². The van der Waals surface area contributed by atoms with E-state index in [4.69, 9.17) is 4.28 Å². The minimum atomic E-state index is -0.580. The zero-order valence-electron chi connectivity index (χ0n) is 12.5. The first-order chi connectivity index (χ1) is 11.1. The van der Waals surface area contributed by atoms with E-state index < -0.39 is 11.8 Å². The third kappa shape index (κ3) is 2.85. The number of carbonyl (C=O) groups excluding carboxylic acids is 2. The Morgan fingerprint density at radius 1 is 1.21 bits per heavy atom. The molecule has 0 bridgehead atoms. The molecule has 2 aromatic rings. The zero-order valence-corrected chi connectivity index (χ0v) is 19.9.